The molecule has 0 aliphatic rings. The second kappa shape index (κ2) is 4.76. The summed E-state index contributed by atoms with van der Waals surface area (Å²) < 4.78 is 38.4. The number of Topliss-reactive ketones (excluding diaryl/α,β-unsaturated/α-hetero) is 1. The van der Waals surface area contributed by atoms with E-state index in [4.69, 9.17) is 5.73 Å². The minimum atomic E-state index is -4.62. The molecule has 8 heteroatoms. The average Bonchev–Trinajstić information content (AvgIpc) is 2.50. The van der Waals surface area contributed by atoms with Gasteiger partial charge in [-0.1, -0.05) is 6.92 Å². The Morgan fingerprint density at radius 1 is 1.32 bits per heavy atom. The molecule has 1 aromatic rings. The fraction of sp³-hybridized carbons (Fsp3) is 0.545. The largest absolute Gasteiger partial charge is 0.494 e. The van der Waals surface area contributed by atoms with Crippen molar-refractivity contribution in [2.45, 2.75) is 26.1 Å². The summed E-state index contributed by atoms with van der Waals surface area (Å²) >= 11 is 0. The van der Waals surface area contributed by atoms with Crippen molar-refractivity contribution in [2.75, 3.05) is 0 Å². The molecule has 0 saturated heterocycles. The first kappa shape index (κ1) is 15.4. The van der Waals surface area contributed by atoms with Crippen LogP contribution in [-0.4, -0.2) is 32.8 Å². The summed E-state index contributed by atoms with van der Waals surface area (Å²) in [5, 5.41) is 19.2. The first-order valence-corrected chi connectivity index (χ1v) is 5.43. The van der Waals surface area contributed by atoms with Gasteiger partial charge in [0.05, 0.1) is 17.5 Å². The van der Waals surface area contributed by atoms with E-state index in [1.165, 1.54) is 14.0 Å². The summed E-state index contributed by atoms with van der Waals surface area (Å²) in [5.41, 5.74) is 4.91. The van der Waals surface area contributed by atoms with Gasteiger partial charge in [-0.05, 0) is 6.92 Å². The van der Waals surface area contributed by atoms with Crippen molar-refractivity contribution in [3.8, 4) is 11.8 Å². The second-order valence-corrected chi connectivity index (χ2v) is 4.43. The number of hydrogen-bond donors (Lipinski definition) is 3. The van der Waals surface area contributed by atoms with Crippen molar-refractivity contribution in [2.24, 2.45) is 18.7 Å². The molecule has 4 N–H and O–H groups in total. The van der Waals surface area contributed by atoms with Gasteiger partial charge in [0.2, 0.25) is 5.88 Å². The Morgan fingerprint density at radius 3 is 2.11 bits per heavy atom. The van der Waals surface area contributed by atoms with Gasteiger partial charge in [-0.2, -0.15) is 13.2 Å². The van der Waals surface area contributed by atoms with Crippen LogP contribution in [0.3, 0.4) is 0 Å². The summed E-state index contributed by atoms with van der Waals surface area (Å²) in [6.07, 6.45) is -4.62. The van der Waals surface area contributed by atoms with E-state index in [2.05, 4.69) is 0 Å². The molecule has 0 fully saturated rings. The molecule has 0 spiro atoms. The van der Waals surface area contributed by atoms with E-state index in [1.807, 2.05) is 0 Å². The molecule has 0 aromatic carbocycles. The number of rotatable bonds is 3. The summed E-state index contributed by atoms with van der Waals surface area (Å²) in [5.74, 6) is -4.12. The number of halogens is 3. The molecule has 0 aliphatic carbocycles. The van der Waals surface area contributed by atoms with Gasteiger partial charge in [0.15, 0.2) is 11.7 Å². The fourth-order valence-electron chi connectivity index (χ4n) is 1.69. The highest BCUT2D eigenvalue weighted by atomic mass is 19.4. The fourth-order valence-corrected chi connectivity index (χ4v) is 1.69. The normalized spacial score (nSPS) is 15.3. The Kier molecular flexibility index (Phi) is 3.85. The average molecular weight is 280 g/mol. The predicted octanol–water partition coefficient (Wildman–Crippen LogP) is 1.45. The minimum Gasteiger partial charge on any atom is -0.494 e. The van der Waals surface area contributed by atoms with Crippen LogP contribution in [0.4, 0.5) is 13.2 Å². The molecule has 0 saturated carbocycles. The van der Waals surface area contributed by atoms with Crippen LogP contribution in [0, 0.1) is 12.8 Å². The maximum absolute atomic E-state index is 12.5. The molecule has 2 atom stereocenters. The minimum absolute atomic E-state index is 0.00479. The van der Waals surface area contributed by atoms with Crippen molar-refractivity contribution in [1.82, 2.24) is 4.57 Å². The summed E-state index contributed by atoms with van der Waals surface area (Å²) in [7, 11) is 1.27. The van der Waals surface area contributed by atoms with Gasteiger partial charge in [-0.15, -0.1) is 0 Å². The smallest absolute Gasteiger partial charge is 0.393 e. The molecule has 0 aliphatic heterocycles. The molecule has 19 heavy (non-hydrogen) atoms. The zero-order valence-corrected chi connectivity index (χ0v) is 10.6. The zero-order valence-electron chi connectivity index (χ0n) is 10.6. The maximum atomic E-state index is 12.5. The summed E-state index contributed by atoms with van der Waals surface area (Å²) in [6.45, 7) is 2.10. The van der Waals surface area contributed by atoms with Crippen molar-refractivity contribution >= 4 is 5.78 Å². The number of ketones is 1. The number of aromatic nitrogens is 1. The number of carbonyl (C=O) groups excluding carboxylic acids is 1. The SMILES string of the molecule is Cc1c(C(=O)C(N)C(C)C(F)(F)F)c(O)n(C)c1O. The first-order chi connectivity index (χ1) is 8.50. The molecule has 5 nitrogen and oxygen atoms in total. The van der Waals surface area contributed by atoms with Gasteiger partial charge >= 0.3 is 6.18 Å². The van der Waals surface area contributed by atoms with Crippen molar-refractivity contribution in [3.05, 3.63) is 11.1 Å². The molecule has 1 heterocycles. The molecule has 0 bridgehead atoms. The molecule has 0 amide bonds. The van der Waals surface area contributed by atoms with Crippen molar-refractivity contribution in [1.29, 1.82) is 0 Å². The van der Waals surface area contributed by atoms with Crippen molar-refractivity contribution in [3.63, 3.8) is 0 Å². The molecular weight excluding hydrogens is 265 g/mol. The van der Waals surface area contributed by atoms with Crippen LogP contribution in [0.2, 0.25) is 0 Å². The summed E-state index contributed by atoms with van der Waals surface area (Å²) in [6, 6.07) is -1.84. The predicted molar refractivity (Wildman–Crippen MR) is 61.0 cm³/mol. The van der Waals surface area contributed by atoms with Crippen LogP contribution in [0.25, 0.3) is 0 Å². The summed E-state index contributed by atoms with van der Waals surface area (Å²) in [4.78, 5) is 11.9. The first-order valence-electron chi connectivity index (χ1n) is 5.43. The van der Waals surface area contributed by atoms with E-state index in [0.29, 0.717) is 0 Å². The molecule has 1 aromatic heterocycles. The number of nitrogens with zero attached hydrogens (tertiary/aromatic N) is 1. The van der Waals surface area contributed by atoms with E-state index >= 15 is 0 Å². The monoisotopic (exact) mass is 280 g/mol. The quantitative estimate of drug-likeness (QED) is 0.731. The Balaban J connectivity index is 3.19. The standard InChI is InChI=1S/C11H15F3N2O3/c1-4-6(10(19)16(3)9(4)18)8(17)7(15)5(2)11(12,13)14/h5,7,18-19H,15H2,1-3H3. The number of aromatic hydroxyl groups is 2. The van der Waals surface area contributed by atoms with Crippen LogP contribution in [0.15, 0.2) is 0 Å². The van der Waals surface area contributed by atoms with Crippen LogP contribution in [-0.2, 0) is 7.05 Å². The van der Waals surface area contributed by atoms with Crippen molar-refractivity contribution < 1.29 is 28.2 Å². The number of hydrogen-bond acceptors (Lipinski definition) is 4. The Hall–Kier alpha value is -1.70. The third-order valence-electron chi connectivity index (χ3n) is 3.17. The lowest BCUT2D eigenvalue weighted by Crippen LogP contribution is -2.43. The van der Waals surface area contributed by atoms with Gasteiger partial charge in [0, 0.05) is 12.6 Å². The lowest BCUT2D eigenvalue weighted by Gasteiger charge is -2.21. The third-order valence-corrected chi connectivity index (χ3v) is 3.17. The molecule has 108 valence electrons. The maximum Gasteiger partial charge on any atom is 0.393 e. The Morgan fingerprint density at radius 2 is 1.79 bits per heavy atom. The van der Waals surface area contributed by atoms with E-state index in [-0.39, 0.29) is 11.1 Å². The van der Waals surface area contributed by atoms with E-state index in [1.54, 1.807) is 0 Å². The number of carbonyl (C=O) groups is 1. The topological polar surface area (TPSA) is 88.5 Å². The Bertz CT molecular complexity index is 483. The highest BCUT2D eigenvalue weighted by Gasteiger charge is 2.43. The van der Waals surface area contributed by atoms with Gasteiger partial charge < -0.3 is 15.9 Å². The second-order valence-electron chi connectivity index (χ2n) is 4.43. The van der Waals surface area contributed by atoms with Gasteiger partial charge in [-0.3, -0.25) is 9.36 Å². The molecule has 2 unspecified atom stereocenters. The van der Waals surface area contributed by atoms with Gasteiger partial charge in [0.25, 0.3) is 0 Å². The lowest BCUT2D eigenvalue weighted by atomic mass is 9.93. The van der Waals surface area contributed by atoms with E-state index in [0.717, 1.165) is 11.5 Å². The van der Waals surface area contributed by atoms with Crippen LogP contribution < -0.4 is 5.73 Å². The molecule has 0 radical (unpaired) electrons. The van der Waals surface area contributed by atoms with Crippen LogP contribution in [0.5, 0.6) is 11.8 Å². The van der Waals surface area contributed by atoms with Crippen LogP contribution >= 0.6 is 0 Å². The number of alkyl halides is 3. The highest BCUT2D eigenvalue weighted by molar-refractivity contribution is 6.04. The van der Waals surface area contributed by atoms with Gasteiger partial charge in [0.1, 0.15) is 0 Å². The lowest BCUT2D eigenvalue weighted by molar-refractivity contribution is -0.171. The van der Waals surface area contributed by atoms with E-state index < -0.39 is 35.7 Å². The third kappa shape index (κ3) is 2.53. The van der Waals surface area contributed by atoms with Crippen LogP contribution in [0.1, 0.15) is 22.8 Å². The molecular formula is C11H15F3N2O3. The van der Waals surface area contributed by atoms with E-state index in [9.17, 15) is 28.2 Å². The van der Waals surface area contributed by atoms with Gasteiger partial charge in [-0.25, -0.2) is 0 Å². The Labute approximate surface area is 107 Å². The zero-order chi connectivity index (χ0) is 15.1. The highest BCUT2D eigenvalue weighted by Crippen LogP contribution is 2.35. The molecule has 1 rings (SSSR count). The number of nitrogens with two attached hydrogens (primary N) is 1.